The summed E-state index contributed by atoms with van der Waals surface area (Å²) >= 11 is 5.82. The highest BCUT2D eigenvalue weighted by atomic mass is 35.5. The Morgan fingerprint density at radius 1 is 1.00 bits per heavy atom. The van der Waals surface area contributed by atoms with E-state index in [0.717, 1.165) is 29.5 Å². The predicted molar refractivity (Wildman–Crippen MR) is 90.8 cm³/mol. The smallest absolute Gasteiger partial charge is 0.119 e. The standard InChI is InChI=1S/C17H21ClN2O2/c18-14-6-8-15(9-7-14)20-11-10-19-12-16(21)13-22-17-4-2-1-3-5-17/h1-9,16,19-21H,10-13H2. The summed E-state index contributed by atoms with van der Waals surface area (Å²) in [6.45, 7) is 2.30. The maximum atomic E-state index is 9.83. The lowest BCUT2D eigenvalue weighted by atomic mass is 10.3. The van der Waals surface area contributed by atoms with Crippen molar-refractivity contribution in [2.45, 2.75) is 6.10 Å². The molecule has 0 aliphatic carbocycles. The molecule has 2 aromatic carbocycles. The molecule has 0 saturated carbocycles. The van der Waals surface area contributed by atoms with Crippen LogP contribution in [0.2, 0.25) is 5.02 Å². The van der Waals surface area contributed by atoms with Crippen LogP contribution in [-0.2, 0) is 0 Å². The van der Waals surface area contributed by atoms with Gasteiger partial charge in [-0.05, 0) is 36.4 Å². The first kappa shape index (κ1) is 16.6. The van der Waals surface area contributed by atoms with Crippen LogP contribution in [0.1, 0.15) is 0 Å². The van der Waals surface area contributed by atoms with Crippen LogP contribution in [0.25, 0.3) is 0 Å². The maximum Gasteiger partial charge on any atom is 0.119 e. The summed E-state index contributed by atoms with van der Waals surface area (Å²) in [5.74, 6) is 0.769. The molecule has 118 valence electrons. The molecule has 0 heterocycles. The predicted octanol–water partition coefficient (Wildman–Crippen LogP) is 2.78. The average molecular weight is 321 g/mol. The molecule has 2 aromatic rings. The molecule has 4 nitrogen and oxygen atoms in total. The van der Waals surface area contributed by atoms with Gasteiger partial charge in [0, 0.05) is 30.3 Å². The molecule has 22 heavy (non-hydrogen) atoms. The lowest BCUT2D eigenvalue weighted by Crippen LogP contribution is -2.34. The van der Waals surface area contributed by atoms with Gasteiger partial charge in [0.2, 0.25) is 0 Å². The number of rotatable bonds is 9. The topological polar surface area (TPSA) is 53.5 Å². The van der Waals surface area contributed by atoms with Crippen molar-refractivity contribution in [1.82, 2.24) is 5.32 Å². The van der Waals surface area contributed by atoms with E-state index >= 15 is 0 Å². The first-order valence-corrected chi connectivity index (χ1v) is 7.68. The Morgan fingerprint density at radius 3 is 2.45 bits per heavy atom. The van der Waals surface area contributed by atoms with Crippen molar-refractivity contribution in [3.63, 3.8) is 0 Å². The van der Waals surface area contributed by atoms with Crippen molar-refractivity contribution in [3.8, 4) is 5.75 Å². The molecule has 0 aliphatic heterocycles. The molecule has 1 unspecified atom stereocenters. The monoisotopic (exact) mass is 320 g/mol. The van der Waals surface area contributed by atoms with Gasteiger partial charge in [-0.1, -0.05) is 29.8 Å². The number of aliphatic hydroxyl groups is 1. The van der Waals surface area contributed by atoms with E-state index < -0.39 is 6.10 Å². The second-order valence-corrected chi connectivity index (χ2v) is 5.35. The van der Waals surface area contributed by atoms with Gasteiger partial charge in [-0.3, -0.25) is 0 Å². The summed E-state index contributed by atoms with van der Waals surface area (Å²) < 4.78 is 5.49. The quantitative estimate of drug-likeness (QED) is 0.622. The minimum Gasteiger partial charge on any atom is -0.491 e. The fraction of sp³-hybridized carbons (Fsp3) is 0.294. The molecule has 1 atom stereocenters. The Morgan fingerprint density at radius 2 is 1.73 bits per heavy atom. The van der Waals surface area contributed by atoms with Crippen LogP contribution < -0.4 is 15.4 Å². The number of anilines is 1. The molecular formula is C17H21ClN2O2. The fourth-order valence-corrected chi connectivity index (χ4v) is 2.03. The molecule has 0 radical (unpaired) electrons. The second-order valence-electron chi connectivity index (χ2n) is 4.92. The SMILES string of the molecule is OC(CNCCNc1ccc(Cl)cc1)COc1ccccc1. The summed E-state index contributed by atoms with van der Waals surface area (Å²) in [6.07, 6.45) is -0.532. The summed E-state index contributed by atoms with van der Waals surface area (Å²) in [5, 5.41) is 17.0. The Hall–Kier alpha value is -1.75. The van der Waals surface area contributed by atoms with Crippen molar-refractivity contribution in [1.29, 1.82) is 0 Å². The Bertz CT molecular complexity index is 534. The third-order valence-electron chi connectivity index (χ3n) is 3.04. The van der Waals surface area contributed by atoms with Gasteiger partial charge in [0.15, 0.2) is 0 Å². The normalized spacial score (nSPS) is 11.9. The molecule has 0 aromatic heterocycles. The van der Waals surface area contributed by atoms with E-state index in [0.29, 0.717) is 6.54 Å². The first-order valence-electron chi connectivity index (χ1n) is 7.30. The maximum absolute atomic E-state index is 9.83. The van der Waals surface area contributed by atoms with Gasteiger partial charge in [0.1, 0.15) is 18.5 Å². The van der Waals surface area contributed by atoms with Crippen LogP contribution in [-0.4, -0.2) is 37.5 Å². The number of benzene rings is 2. The number of aliphatic hydroxyl groups excluding tert-OH is 1. The van der Waals surface area contributed by atoms with Gasteiger partial charge in [0.05, 0.1) is 0 Å². The molecule has 2 rings (SSSR count). The van der Waals surface area contributed by atoms with Crippen molar-refractivity contribution < 1.29 is 9.84 Å². The van der Waals surface area contributed by atoms with Crippen molar-refractivity contribution >= 4 is 17.3 Å². The summed E-state index contributed by atoms with van der Waals surface area (Å²) in [5.41, 5.74) is 1.03. The van der Waals surface area contributed by atoms with E-state index in [1.54, 1.807) is 0 Å². The minimum atomic E-state index is -0.532. The van der Waals surface area contributed by atoms with Gasteiger partial charge < -0.3 is 20.5 Å². The highest BCUT2D eigenvalue weighted by molar-refractivity contribution is 6.30. The van der Waals surface area contributed by atoms with E-state index in [-0.39, 0.29) is 6.61 Å². The number of para-hydroxylation sites is 1. The molecule has 0 aliphatic rings. The van der Waals surface area contributed by atoms with E-state index in [2.05, 4.69) is 10.6 Å². The van der Waals surface area contributed by atoms with E-state index in [4.69, 9.17) is 16.3 Å². The number of ether oxygens (including phenoxy) is 1. The molecule has 3 N–H and O–H groups in total. The first-order chi connectivity index (χ1) is 10.7. The largest absolute Gasteiger partial charge is 0.491 e. The highest BCUT2D eigenvalue weighted by Gasteiger charge is 2.04. The Balaban J connectivity index is 1.53. The zero-order valence-electron chi connectivity index (χ0n) is 12.3. The number of hydrogen-bond acceptors (Lipinski definition) is 4. The van der Waals surface area contributed by atoms with E-state index in [9.17, 15) is 5.11 Å². The van der Waals surface area contributed by atoms with Gasteiger partial charge in [-0.2, -0.15) is 0 Å². The Labute approximate surface area is 136 Å². The fourth-order valence-electron chi connectivity index (χ4n) is 1.90. The lowest BCUT2D eigenvalue weighted by Gasteiger charge is -2.13. The van der Waals surface area contributed by atoms with Crippen LogP contribution in [0.3, 0.4) is 0 Å². The van der Waals surface area contributed by atoms with E-state index in [1.807, 2.05) is 54.6 Å². The molecule has 0 saturated heterocycles. The van der Waals surface area contributed by atoms with Crippen LogP contribution in [0, 0.1) is 0 Å². The summed E-state index contributed by atoms with van der Waals surface area (Å²) in [4.78, 5) is 0. The van der Waals surface area contributed by atoms with Gasteiger partial charge in [-0.25, -0.2) is 0 Å². The van der Waals surface area contributed by atoms with Crippen LogP contribution in [0.15, 0.2) is 54.6 Å². The molecule has 0 bridgehead atoms. The molecule has 0 spiro atoms. The van der Waals surface area contributed by atoms with E-state index in [1.165, 1.54) is 0 Å². The number of nitrogens with one attached hydrogen (secondary N) is 2. The zero-order chi connectivity index (χ0) is 15.6. The highest BCUT2D eigenvalue weighted by Crippen LogP contribution is 2.12. The third kappa shape index (κ3) is 6.35. The average Bonchev–Trinajstić information content (AvgIpc) is 2.55. The van der Waals surface area contributed by atoms with Crippen molar-refractivity contribution in [2.75, 3.05) is 31.6 Å². The molecular weight excluding hydrogens is 300 g/mol. The van der Waals surface area contributed by atoms with Crippen LogP contribution in [0.5, 0.6) is 5.75 Å². The molecule has 0 amide bonds. The van der Waals surface area contributed by atoms with Gasteiger partial charge in [-0.15, -0.1) is 0 Å². The van der Waals surface area contributed by atoms with Crippen molar-refractivity contribution in [2.24, 2.45) is 0 Å². The Kier molecular flexibility index (Phi) is 7.03. The van der Waals surface area contributed by atoms with Crippen molar-refractivity contribution in [3.05, 3.63) is 59.6 Å². The minimum absolute atomic E-state index is 0.279. The molecule has 0 fully saturated rings. The number of hydrogen-bond donors (Lipinski definition) is 3. The second kappa shape index (κ2) is 9.30. The lowest BCUT2D eigenvalue weighted by molar-refractivity contribution is 0.107. The van der Waals surface area contributed by atoms with Gasteiger partial charge in [0.25, 0.3) is 0 Å². The molecule has 5 heteroatoms. The number of halogens is 1. The third-order valence-corrected chi connectivity index (χ3v) is 3.29. The van der Waals surface area contributed by atoms with Crippen LogP contribution >= 0.6 is 11.6 Å². The van der Waals surface area contributed by atoms with Crippen LogP contribution in [0.4, 0.5) is 5.69 Å². The summed E-state index contributed by atoms with van der Waals surface area (Å²) in [7, 11) is 0. The summed E-state index contributed by atoms with van der Waals surface area (Å²) in [6, 6.07) is 17.1. The zero-order valence-corrected chi connectivity index (χ0v) is 13.1. The van der Waals surface area contributed by atoms with Gasteiger partial charge >= 0.3 is 0 Å².